The van der Waals surface area contributed by atoms with Crippen molar-refractivity contribution in [3.8, 4) is 0 Å². The Morgan fingerprint density at radius 1 is 1.42 bits per heavy atom. The number of nitrogens with one attached hydrogen (secondary N) is 1. The Kier molecular flexibility index (Phi) is 4.99. The molecule has 0 atom stereocenters. The fraction of sp³-hybridized carbons (Fsp3) is 0.462. The summed E-state index contributed by atoms with van der Waals surface area (Å²) in [6.07, 6.45) is 0. The highest BCUT2D eigenvalue weighted by atomic mass is 35.5. The molecule has 1 saturated heterocycles. The molecule has 1 aliphatic heterocycles. The molecule has 1 aromatic carbocycles. The zero-order chi connectivity index (χ0) is 13.7. The van der Waals surface area contributed by atoms with Gasteiger partial charge in [0.15, 0.2) is 5.78 Å². The summed E-state index contributed by atoms with van der Waals surface area (Å²) in [4.78, 5) is 13.0. The molecule has 4 nitrogen and oxygen atoms in total. The Balaban J connectivity index is 2.01. The van der Waals surface area contributed by atoms with Gasteiger partial charge >= 0.3 is 0 Å². The summed E-state index contributed by atoms with van der Waals surface area (Å²) in [6, 6.07) is 4.87. The maximum atomic E-state index is 14.0. The summed E-state index contributed by atoms with van der Waals surface area (Å²) >= 11 is 5.39. The van der Waals surface area contributed by atoms with E-state index in [0.717, 1.165) is 0 Å². The molecule has 0 bridgehead atoms. The van der Waals surface area contributed by atoms with Gasteiger partial charge in [0.2, 0.25) is 0 Å². The lowest BCUT2D eigenvalue weighted by molar-refractivity contribution is -0.115. The number of carbonyl (C=O) groups is 1. The predicted octanol–water partition coefficient (Wildman–Crippen LogP) is 1.88. The summed E-state index contributed by atoms with van der Waals surface area (Å²) < 4.78 is 19.2. The van der Waals surface area contributed by atoms with Gasteiger partial charge in [0, 0.05) is 18.8 Å². The van der Waals surface area contributed by atoms with Gasteiger partial charge in [-0.15, -0.1) is 11.6 Å². The van der Waals surface area contributed by atoms with Gasteiger partial charge in [-0.25, -0.2) is 4.39 Å². The molecule has 0 radical (unpaired) electrons. The number of hydrogen-bond donors (Lipinski definition) is 1. The molecule has 0 saturated carbocycles. The van der Waals surface area contributed by atoms with Crippen molar-refractivity contribution in [2.24, 2.45) is 0 Å². The van der Waals surface area contributed by atoms with Crippen molar-refractivity contribution in [1.82, 2.24) is 0 Å². The minimum atomic E-state index is -0.301. The summed E-state index contributed by atoms with van der Waals surface area (Å²) in [6.45, 7) is 2.72. The number of Topliss-reactive ketones (excluding diaryl/α,β-unsaturated/α-hetero) is 1. The Labute approximate surface area is 116 Å². The second-order valence-corrected chi connectivity index (χ2v) is 4.56. The Morgan fingerprint density at radius 3 is 2.79 bits per heavy atom. The monoisotopic (exact) mass is 286 g/mol. The van der Waals surface area contributed by atoms with Gasteiger partial charge in [0.1, 0.15) is 5.82 Å². The number of halogens is 2. The zero-order valence-corrected chi connectivity index (χ0v) is 11.3. The van der Waals surface area contributed by atoms with Crippen LogP contribution in [0, 0.1) is 5.82 Å². The first-order valence-corrected chi connectivity index (χ1v) is 6.68. The van der Waals surface area contributed by atoms with E-state index in [1.54, 1.807) is 12.1 Å². The number of rotatable bonds is 5. The summed E-state index contributed by atoms with van der Waals surface area (Å²) in [5.41, 5.74) is 1.14. The van der Waals surface area contributed by atoms with E-state index in [-0.39, 0.29) is 24.0 Å². The molecular formula is C13H16ClFN2O2. The van der Waals surface area contributed by atoms with Crippen molar-refractivity contribution in [1.29, 1.82) is 0 Å². The number of alkyl halides is 1. The Hall–Kier alpha value is -1.33. The molecule has 1 fully saturated rings. The molecule has 0 unspecified atom stereocenters. The van der Waals surface area contributed by atoms with Crippen molar-refractivity contribution >= 4 is 28.8 Å². The van der Waals surface area contributed by atoms with Gasteiger partial charge in [-0.1, -0.05) is 0 Å². The van der Waals surface area contributed by atoms with Crippen molar-refractivity contribution in [3.63, 3.8) is 0 Å². The first-order chi connectivity index (χ1) is 9.20. The van der Waals surface area contributed by atoms with Gasteiger partial charge in [-0.3, -0.25) is 4.79 Å². The number of ketones is 1. The smallest absolute Gasteiger partial charge is 0.166 e. The van der Waals surface area contributed by atoms with Crippen LogP contribution in [0.15, 0.2) is 18.2 Å². The van der Waals surface area contributed by atoms with Crippen LogP contribution in [0.3, 0.4) is 0 Å². The molecule has 0 spiro atoms. The topological polar surface area (TPSA) is 41.6 Å². The van der Waals surface area contributed by atoms with E-state index in [0.29, 0.717) is 37.7 Å². The third kappa shape index (κ3) is 3.81. The largest absolute Gasteiger partial charge is 0.378 e. The van der Waals surface area contributed by atoms with Crippen molar-refractivity contribution < 1.29 is 13.9 Å². The molecule has 1 N–H and O–H groups in total. The first-order valence-electron chi connectivity index (χ1n) is 6.14. The van der Waals surface area contributed by atoms with Crippen LogP contribution >= 0.6 is 11.6 Å². The lowest BCUT2D eigenvalue weighted by Crippen LogP contribution is -2.36. The summed E-state index contributed by atoms with van der Waals surface area (Å²) in [5.74, 6) is -0.467. The molecular weight excluding hydrogens is 271 g/mol. The van der Waals surface area contributed by atoms with Gasteiger partial charge in [0.25, 0.3) is 0 Å². The minimum Gasteiger partial charge on any atom is -0.378 e. The Morgan fingerprint density at radius 2 is 2.16 bits per heavy atom. The molecule has 0 aromatic heterocycles. The fourth-order valence-corrected chi connectivity index (χ4v) is 2.02. The van der Waals surface area contributed by atoms with Gasteiger partial charge in [0.05, 0.1) is 31.3 Å². The fourth-order valence-electron chi connectivity index (χ4n) is 1.93. The summed E-state index contributed by atoms with van der Waals surface area (Å²) in [5, 5.41) is 2.85. The number of benzene rings is 1. The van der Waals surface area contributed by atoms with Crippen LogP contribution in [0.2, 0.25) is 0 Å². The van der Waals surface area contributed by atoms with Gasteiger partial charge < -0.3 is 15.0 Å². The van der Waals surface area contributed by atoms with Crippen molar-refractivity contribution in [2.45, 2.75) is 0 Å². The van der Waals surface area contributed by atoms with E-state index >= 15 is 0 Å². The van der Waals surface area contributed by atoms with E-state index in [1.165, 1.54) is 6.07 Å². The predicted molar refractivity (Wildman–Crippen MR) is 73.6 cm³/mol. The molecule has 1 aliphatic rings. The maximum absolute atomic E-state index is 14.0. The van der Waals surface area contributed by atoms with Crippen LogP contribution in [0.4, 0.5) is 15.8 Å². The standard InChI is InChI=1S/C13H16ClFN2O2/c14-8-11(18)9-16-10-1-2-13(12(15)7-10)17-3-5-19-6-4-17/h1-2,7,16H,3-6,8-9H2. The van der Waals surface area contributed by atoms with Gasteiger partial charge in [-0.05, 0) is 18.2 Å². The van der Waals surface area contributed by atoms with E-state index in [4.69, 9.17) is 16.3 Å². The van der Waals surface area contributed by atoms with E-state index in [1.807, 2.05) is 4.90 Å². The molecule has 19 heavy (non-hydrogen) atoms. The third-order valence-corrected chi connectivity index (χ3v) is 3.24. The highest BCUT2D eigenvalue weighted by Gasteiger charge is 2.15. The quantitative estimate of drug-likeness (QED) is 0.839. The number of hydrogen-bond acceptors (Lipinski definition) is 4. The zero-order valence-electron chi connectivity index (χ0n) is 10.5. The van der Waals surface area contributed by atoms with Crippen LogP contribution in [0.25, 0.3) is 0 Å². The van der Waals surface area contributed by atoms with Crippen LogP contribution < -0.4 is 10.2 Å². The van der Waals surface area contributed by atoms with Gasteiger partial charge in [-0.2, -0.15) is 0 Å². The average molecular weight is 287 g/mol. The van der Waals surface area contributed by atoms with E-state index in [9.17, 15) is 9.18 Å². The van der Waals surface area contributed by atoms with Crippen LogP contribution in [-0.4, -0.2) is 44.5 Å². The van der Waals surface area contributed by atoms with E-state index in [2.05, 4.69) is 5.32 Å². The van der Waals surface area contributed by atoms with Crippen molar-refractivity contribution in [2.75, 3.05) is 48.9 Å². The lowest BCUT2D eigenvalue weighted by Gasteiger charge is -2.29. The summed E-state index contributed by atoms with van der Waals surface area (Å²) in [7, 11) is 0. The molecule has 1 aromatic rings. The third-order valence-electron chi connectivity index (χ3n) is 2.94. The van der Waals surface area contributed by atoms with Crippen LogP contribution in [0.1, 0.15) is 0 Å². The molecule has 2 rings (SSSR count). The normalized spacial score (nSPS) is 15.4. The average Bonchev–Trinajstić information content (AvgIpc) is 2.45. The van der Waals surface area contributed by atoms with E-state index < -0.39 is 0 Å². The maximum Gasteiger partial charge on any atom is 0.166 e. The number of morpholine rings is 1. The lowest BCUT2D eigenvalue weighted by atomic mass is 10.2. The molecule has 104 valence electrons. The number of ether oxygens (including phenoxy) is 1. The second kappa shape index (κ2) is 6.73. The second-order valence-electron chi connectivity index (χ2n) is 4.29. The Bertz CT molecular complexity index is 450. The molecule has 0 aliphatic carbocycles. The SMILES string of the molecule is O=C(CCl)CNc1ccc(N2CCOCC2)c(F)c1. The van der Waals surface area contributed by atoms with Crippen LogP contribution in [-0.2, 0) is 9.53 Å². The molecule has 1 heterocycles. The highest BCUT2D eigenvalue weighted by molar-refractivity contribution is 6.28. The molecule has 6 heteroatoms. The number of carbonyl (C=O) groups excluding carboxylic acids is 1. The highest BCUT2D eigenvalue weighted by Crippen LogP contribution is 2.23. The minimum absolute atomic E-state index is 0.0403. The number of nitrogens with zero attached hydrogens (tertiary/aromatic N) is 1. The number of anilines is 2. The first kappa shape index (κ1) is 14.1. The van der Waals surface area contributed by atoms with Crippen LogP contribution in [0.5, 0.6) is 0 Å². The van der Waals surface area contributed by atoms with Crippen molar-refractivity contribution in [3.05, 3.63) is 24.0 Å². The molecule has 0 amide bonds.